The van der Waals surface area contributed by atoms with Crippen molar-refractivity contribution in [3.63, 3.8) is 0 Å². The Morgan fingerprint density at radius 2 is 2.00 bits per heavy atom. The van der Waals surface area contributed by atoms with Crippen LogP contribution in [-0.4, -0.2) is 27.5 Å². The Hall–Kier alpha value is -2.10. The topological polar surface area (TPSA) is 49.0 Å². The molecule has 1 N–H and O–H groups in total. The molecule has 4 heteroatoms. The van der Waals surface area contributed by atoms with Gasteiger partial charge in [-0.15, -0.1) is 0 Å². The average Bonchev–Trinajstić information content (AvgIpc) is 2.93. The molecule has 0 saturated carbocycles. The van der Waals surface area contributed by atoms with E-state index < -0.39 is 0 Å². The van der Waals surface area contributed by atoms with Gasteiger partial charge in [0.05, 0.1) is 0 Å². The van der Waals surface area contributed by atoms with Crippen LogP contribution in [0.25, 0.3) is 0 Å². The van der Waals surface area contributed by atoms with Crippen LogP contribution in [0.5, 0.6) is 0 Å². The molecule has 0 aliphatic heterocycles. The highest BCUT2D eigenvalue weighted by molar-refractivity contribution is 5.92. The van der Waals surface area contributed by atoms with Gasteiger partial charge in [-0.05, 0) is 25.0 Å². The largest absolute Gasteiger partial charge is 0.333 e. The number of carbonyl (C=O) groups excluding carboxylic acids is 1. The third-order valence-corrected chi connectivity index (χ3v) is 3.46. The molecule has 0 saturated heterocycles. The van der Waals surface area contributed by atoms with E-state index in [0.29, 0.717) is 12.2 Å². The number of benzene rings is 1. The summed E-state index contributed by atoms with van der Waals surface area (Å²) in [6, 6.07) is 11.9. The molecule has 21 heavy (non-hydrogen) atoms. The van der Waals surface area contributed by atoms with Crippen molar-refractivity contribution in [1.82, 2.24) is 15.1 Å². The number of amides is 1. The number of aromatic nitrogens is 2. The summed E-state index contributed by atoms with van der Waals surface area (Å²) in [4.78, 5) is 14.5. The van der Waals surface area contributed by atoms with Crippen molar-refractivity contribution in [2.24, 2.45) is 0 Å². The molecule has 0 aliphatic carbocycles. The summed E-state index contributed by atoms with van der Waals surface area (Å²) in [5.74, 6) is -0.000642. The van der Waals surface area contributed by atoms with Crippen molar-refractivity contribution in [2.45, 2.75) is 39.7 Å². The number of nitrogens with one attached hydrogen (secondary N) is 1. The maximum atomic E-state index is 12.6. The molecule has 0 radical (unpaired) electrons. The number of aromatic amines is 1. The SMILES string of the molecule is CCCCCN(Cc1ccccc1)C(=O)c1cc(C)[nH]n1. The van der Waals surface area contributed by atoms with Crippen LogP contribution in [0.3, 0.4) is 0 Å². The van der Waals surface area contributed by atoms with Crippen LogP contribution < -0.4 is 0 Å². The van der Waals surface area contributed by atoms with Gasteiger partial charge in [0.2, 0.25) is 0 Å². The van der Waals surface area contributed by atoms with Gasteiger partial charge in [-0.25, -0.2) is 0 Å². The first-order valence-corrected chi connectivity index (χ1v) is 7.56. The van der Waals surface area contributed by atoms with Crippen LogP contribution in [-0.2, 0) is 6.54 Å². The fourth-order valence-corrected chi connectivity index (χ4v) is 2.30. The molecular weight excluding hydrogens is 262 g/mol. The Morgan fingerprint density at radius 3 is 2.62 bits per heavy atom. The van der Waals surface area contributed by atoms with E-state index in [9.17, 15) is 4.79 Å². The molecule has 4 nitrogen and oxygen atoms in total. The van der Waals surface area contributed by atoms with Crippen molar-refractivity contribution in [2.75, 3.05) is 6.54 Å². The van der Waals surface area contributed by atoms with Crippen molar-refractivity contribution in [3.05, 3.63) is 53.3 Å². The smallest absolute Gasteiger partial charge is 0.274 e. The Kier molecular flexibility index (Phi) is 5.55. The summed E-state index contributed by atoms with van der Waals surface area (Å²) in [7, 11) is 0. The highest BCUT2D eigenvalue weighted by Gasteiger charge is 2.18. The fourth-order valence-electron chi connectivity index (χ4n) is 2.30. The monoisotopic (exact) mass is 285 g/mol. The van der Waals surface area contributed by atoms with E-state index in [2.05, 4.69) is 29.3 Å². The third kappa shape index (κ3) is 4.45. The van der Waals surface area contributed by atoms with E-state index in [0.717, 1.165) is 37.1 Å². The van der Waals surface area contributed by atoms with Gasteiger partial charge in [-0.3, -0.25) is 9.89 Å². The van der Waals surface area contributed by atoms with Crippen molar-refractivity contribution < 1.29 is 4.79 Å². The molecule has 0 fully saturated rings. The molecule has 0 spiro atoms. The van der Waals surface area contributed by atoms with E-state index >= 15 is 0 Å². The summed E-state index contributed by atoms with van der Waals surface area (Å²) >= 11 is 0. The van der Waals surface area contributed by atoms with Gasteiger partial charge in [0.15, 0.2) is 0 Å². The Bertz CT molecular complexity index is 562. The van der Waals surface area contributed by atoms with Crippen LogP contribution in [0, 0.1) is 6.92 Å². The lowest BCUT2D eigenvalue weighted by atomic mass is 10.2. The summed E-state index contributed by atoms with van der Waals surface area (Å²) in [5.41, 5.74) is 2.56. The zero-order valence-electron chi connectivity index (χ0n) is 12.8. The predicted octanol–water partition coefficient (Wildman–Crippen LogP) is 3.55. The number of H-pyrrole nitrogens is 1. The van der Waals surface area contributed by atoms with E-state index in [4.69, 9.17) is 0 Å². The summed E-state index contributed by atoms with van der Waals surface area (Å²) in [6.45, 7) is 5.48. The highest BCUT2D eigenvalue weighted by atomic mass is 16.2. The van der Waals surface area contributed by atoms with Crippen molar-refractivity contribution in [1.29, 1.82) is 0 Å². The Morgan fingerprint density at radius 1 is 1.24 bits per heavy atom. The number of hydrogen-bond acceptors (Lipinski definition) is 2. The molecule has 1 heterocycles. The van der Waals surface area contributed by atoms with Gasteiger partial charge >= 0.3 is 0 Å². The average molecular weight is 285 g/mol. The van der Waals surface area contributed by atoms with Crippen molar-refractivity contribution >= 4 is 5.91 Å². The predicted molar refractivity (Wildman–Crippen MR) is 84.0 cm³/mol. The number of aryl methyl sites for hydroxylation is 1. The third-order valence-electron chi connectivity index (χ3n) is 3.46. The molecule has 2 aromatic rings. The van der Waals surface area contributed by atoms with Crippen molar-refractivity contribution in [3.8, 4) is 0 Å². The maximum Gasteiger partial charge on any atom is 0.274 e. The number of hydrogen-bond donors (Lipinski definition) is 1. The standard InChI is InChI=1S/C17H23N3O/c1-3-4-8-11-20(13-15-9-6-5-7-10-15)17(21)16-12-14(2)18-19-16/h5-7,9-10,12H,3-4,8,11,13H2,1-2H3,(H,18,19). The van der Waals surface area contributed by atoms with Crippen LogP contribution >= 0.6 is 0 Å². The first-order chi connectivity index (χ1) is 10.2. The first kappa shape index (κ1) is 15.3. The van der Waals surface area contributed by atoms with E-state index in [1.54, 1.807) is 6.07 Å². The lowest BCUT2D eigenvalue weighted by molar-refractivity contribution is 0.0734. The van der Waals surface area contributed by atoms with Crippen LogP contribution in [0.15, 0.2) is 36.4 Å². The van der Waals surface area contributed by atoms with E-state index in [1.807, 2.05) is 30.0 Å². The van der Waals surface area contributed by atoms with Gasteiger partial charge in [0.25, 0.3) is 5.91 Å². The van der Waals surface area contributed by atoms with Crippen LogP contribution in [0.4, 0.5) is 0 Å². The van der Waals surface area contributed by atoms with Gasteiger partial charge in [-0.1, -0.05) is 50.1 Å². The maximum absolute atomic E-state index is 12.6. The summed E-state index contributed by atoms with van der Waals surface area (Å²) in [6.07, 6.45) is 3.31. The second-order valence-electron chi connectivity index (χ2n) is 5.36. The Labute approximate surface area is 126 Å². The molecule has 0 aliphatic rings. The quantitative estimate of drug-likeness (QED) is 0.791. The lowest BCUT2D eigenvalue weighted by Crippen LogP contribution is -2.31. The molecule has 112 valence electrons. The minimum absolute atomic E-state index is 0.000642. The second-order valence-corrected chi connectivity index (χ2v) is 5.36. The van der Waals surface area contributed by atoms with Crippen LogP contribution in [0.2, 0.25) is 0 Å². The van der Waals surface area contributed by atoms with Gasteiger partial charge in [-0.2, -0.15) is 5.10 Å². The minimum atomic E-state index is -0.000642. The lowest BCUT2D eigenvalue weighted by Gasteiger charge is -2.22. The minimum Gasteiger partial charge on any atom is -0.333 e. The van der Waals surface area contributed by atoms with Crippen LogP contribution in [0.1, 0.15) is 47.9 Å². The molecular formula is C17H23N3O. The fraction of sp³-hybridized carbons (Fsp3) is 0.412. The van der Waals surface area contributed by atoms with E-state index in [-0.39, 0.29) is 5.91 Å². The number of rotatable bonds is 7. The number of carbonyl (C=O) groups is 1. The highest BCUT2D eigenvalue weighted by Crippen LogP contribution is 2.11. The molecule has 2 rings (SSSR count). The Balaban J connectivity index is 2.09. The molecule has 1 aromatic carbocycles. The normalized spacial score (nSPS) is 10.6. The molecule has 1 aromatic heterocycles. The van der Waals surface area contributed by atoms with E-state index in [1.165, 1.54) is 0 Å². The second kappa shape index (κ2) is 7.62. The van der Waals surface area contributed by atoms with Gasteiger partial charge in [0.1, 0.15) is 5.69 Å². The molecule has 0 bridgehead atoms. The van der Waals surface area contributed by atoms with Gasteiger partial charge in [0, 0.05) is 18.8 Å². The zero-order valence-corrected chi connectivity index (χ0v) is 12.8. The summed E-state index contributed by atoms with van der Waals surface area (Å²) < 4.78 is 0. The summed E-state index contributed by atoms with van der Waals surface area (Å²) in [5, 5.41) is 6.93. The number of unbranched alkanes of at least 4 members (excludes halogenated alkanes) is 2. The molecule has 1 amide bonds. The first-order valence-electron chi connectivity index (χ1n) is 7.56. The zero-order chi connectivity index (χ0) is 15.1. The van der Waals surface area contributed by atoms with Gasteiger partial charge < -0.3 is 4.90 Å². The number of nitrogens with zero attached hydrogens (tertiary/aromatic N) is 2. The molecule has 0 atom stereocenters. The molecule has 0 unspecified atom stereocenters.